The minimum Gasteiger partial charge on any atom is -0.385 e. The molecular weight excluding hydrogens is 280 g/mol. The van der Waals surface area contributed by atoms with Gasteiger partial charge in [0.25, 0.3) is 0 Å². The Morgan fingerprint density at radius 1 is 1.32 bits per heavy atom. The largest absolute Gasteiger partial charge is 0.385 e. The third kappa shape index (κ3) is 4.12. The Morgan fingerprint density at radius 3 is 2.63 bits per heavy atom. The average Bonchev–Trinajstić information content (AvgIpc) is 2.91. The quantitative estimate of drug-likeness (QED) is 0.845. The first-order chi connectivity index (χ1) is 9.12. The van der Waals surface area contributed by atoms with E-state index in [1.54, 1.807) is 24.3 Å². The van der Waals surface area contributed by atoms with Gasteiger partial charge in [0.05, 0.1) is 4.90 Å². The summed E-state index contributed by atoms with van der Waals surface area (Å²) < 4.78 is 26.9. The number of hydrogen-bond acceptors (Lipinski definition) is 4. The van der Waals surface area contributed by atoms with Crippen molar-refractivity contribution in [2.45, 2.75) is 18.2 Å². The second-order valence-electron chi connectivity index (χ2n) is 4.64. The van der Waals surface area contributed by atoms with E-state index in [4.69, 9.17) is 0 Å². The standard InChI is InChI=1S/C13H20N2O2S2/c1-2-14-12-3-5-13(6-4-12)19(16,17)15-9-11-7-8-18-10-11/h3-6,11,14-15H,2,7-10H2,1H3. The van der Waals surface area contributed by atoms with E-state index in [9.17, 15) is 8.42 Å². The van der Waals surface area contributed by atoms with Gasteiger partial charge >= 0.3 is 0 Å². The first kappa shape index (κ1) is 14.7. The van der Waals surface area contributed by atoms with Gasteiger partial charge in [0.1, 0.15) is 0 Å². The van der Waals surface area contributed by atoms with Crippen LogP contribution in [0.4, 0.5) is 5.69 Å². The van der Waals surface area contributed by atoms with Crippen molar-refractivity contribution in [3.8, 4) is 0 Å². The van der Waals surface area contributed by atoms with Crippen molar-refractivity contribution in [1.29, 1.82) is 0 Å². The van der Waals surface area contributed by atoms with Crippen molar-refractivity contribution in [3.63, 3.8) is 0 Å². The van der Waals surface area contributed by atoms with E-state index in [1.165, 1.54) is 0 Å². The van der Waals surface area contributed by atoms with E-state index in [0.29, 0.717) is 17.4 Å². The zero-order valence-electron chi connectivity index (χ0n) is 11.1. The van der Waals surface area contributed by atoms with Crippen molar-refractivity contribution in [2.75, 3.05) is 29.9 Å². The van der Waals surface area contributed by atoms with Gasteiger partial charge in [-0.2, -0.15) is 11.8 Å². The molecule has 1 aliphatic heterocycles. The van der Waals surface area contributed by atoms with Crippen LogP contribution in [0, 0.1) is 5.92 Å². The molecule has 0 aliphatic carbocycles. The molecule has 1 unspecified atom stereocenters. The molecule has 1 aliphatic rings. The fourth-order valence-corrected chi connectivity index (χ4v) is 4.41. The van der Waals surface area contributed by atoms with Gasteiger partial charge in [-0.25, -0.2) is 13.1 Å². The number of benzene rings is 1. The van der Waals surface area contributed by atoms with Crippen LogP contribution in [0.2, 0.25) is 0 Å². The van der Waals surface area contributed by atoms with Gasteiger partial charge in [0.2, 0.25) is 10.0 Å². The lowest BCUT2D eigenvalue weighted by atomic mass is 10.1. The molecule has 0 bridgehead atoms. The van der Waals surface area contributed by atoms with Gasteiger partial charge in [-0.1, -0.05) is 0 Å². The molecule has 2 rings (SSSR count). The number of rotatable bonds is 6. The second-order valence-corrected chi connectivity index (χ2v) is 7.55. The van der Waals surface area contributed by atoms with Crippen LogP contribution >= 0.6 is 11.8 Å². The van der Waals surface area contributed by atoms with E-state index < -0.39 is 10.0 Å². The molecule has 1 atom stereocenters. The molecule has 19 heavy (non-hydrogen) atoms. The van der Waals surface area contributed by atoms with Crippen molar-refractivity contribution >= 4 is 27.5 Å². The second kappa shape index (κ2) is 6.63. The number of sulfonamides is 1. The molecule has 1 aromatic rings. The number of anilines is 1. The predicted octanol–water partition coefficient (Wildman–Crippen LogP) is 2.15. The zero-order valence-corrected chi connectivity index (χ0v) is 12.7. The third-order valence-corrected chi connectivity index (χ3v) is 5.80. The third-order valence-electron chi connectivity index (χ3n) is 3.13. The van der Waals surface area contributed by atoms with Gasteiger partial charge in [0.15, 0.2) is 0 Å². The van der Waals surface area contributed by atoms with Crippen LogP contribution in [-0.2, 0) is 10.0 Å². The fourth-order valence-electron chi connectivity index (χ4n) is 2.01. The summed E-state index contributed by atoms with van der Waals surface area (Å²) in [5.74, 6) is 2.67. The summed E-state index contributed by atoms with van der Waals surface area (Å²) in [6, 6.07) is 6.88. The summed E-state index contributed by atoms with van der Waals surface area (Å²) >= 11 is 1.89. The molecule has 0 amide bonds. The maximum absolute atomic E-state index is 12.1. The monoisotopic (exact) mass is 300 g/mol. The van der Waals surface area contributed by atoms with Crippen molar-refractivity contribution in [1.82, 2.24) is 4.72 Å². The lowest BCUT2D eigenvalue weighted by Gasteiger charge is -2.11. The Labute approximate surface area is 119 Å². The molecule has 1 aromatic carbocycles. The normalized spacial score (nSPS) is 19.5. The van der Waals surface area contributed by atoms with E-state index in [1.807, 2.05) is 18.7 Å². The Morgan fingerprint density at radius 2 is 2.05 bits per heavy atom. The highest BCUT2D eigenvalue weighted by Gasteiger charge is 2.19. The number of hydrogen-bond donors (Lipinski definition) is 2. The van der Waals surface area contributed by atoms with E-state index >= 15 is 0 Å². The first-order valence-corrected chi connectivity index (χ1v) is 9.17. The van der Waals surface area contributed by atoms with Gasteiger partial charge in [0, 0.05) is 18.8 Å². The highest BCUT2D eigenvalue weighted by molar-refractivity contribution is 7.99. The van der Waals surface area contributed by atoms with E-state index in [0.717, 1.165) is 30.2 Å². The van der Waals surface area contributed by atoms with Crippen molar-refractivity contribution in [2.24, 2.45) is 5.92 Å². The van der Waals surface area contributed by atoms with Crippen LogP contribution in [0.25, 0.3) is 0 Å². The maximum Gasteiger partial charge on any atom is 0.240 e. The minimum atomic E-state index is -3.37. The average molecular weight is 300 g/mol. The van der Waals surface area contributed by atoms with Gasteiger partial charge in [-0.15, -0.1) is 0 Å². The molecule has 0 spiro atoms. The Balaban J connectivity index is 1.97. The topological polar surface area (TPSA) is 58.2 Å². The van der Waals surface area contributed by atoms with Crippen LogP contribution in [-0.4, -0.2) is 33.0 Å². The van der Waals surface area contributed by atoms with Crippen LogP contribution in [0.15, 0.2) is 29.2 Å². The molecule has 0 saturated carbocycles. The molecule has 4 nitrogen and oxygen atoms in total. The van der Waals surface area contributed by atoms with Crippen molar-refractivity contribution < 1.29 is 8.42 Å². The fraction of sp³-hybridized carbons (Fsp3) is 0.538. The summed E-state index contributed by atoms with van der Waals surface area (Å²) in [7, 11) is -3.37. The molecule has 1 saturated heterocycles. The summed E-state index contributed by atoms with van der Waals surface area (Å²) in [6.07, 6.45) is 1.10. The van der Waals surface area contributed by atoms with E-state index in [2.05, 4.69) is 10.0 Å². The predicted molar refractivity (Wildman–Crippen MR) is 81.2 cm³/mol. The van der Waals surface area contributed by atoms with Gasteiger partial charge < -0.3 is 5.32 Å². The SMILES string of the molecule is CCNc1ccc(S(=O)(=O)NCC2CCSC2)cc1. The van der Waals surface area contributed by atoms with Gasteiger partial charge in [-0.3, -0.25) is 0 Å². The highest BCUT2D eigenvalue weighted by atomic mass is 32.2. The minimum absolute atomic E-state index is 0.333. The lowest BCUT2D eigenvalue weighted by Crippen LogP contribution is -2.29. The molecule has 0 radical (unpaired) electrons. The van der Waals surface area contributed by atoms with Crippen LogP contribution in [0.5, 0.6) is 0 Å². The molecule has 2 N–H and O–H groups in total. The summed E-state index contributed by atoms with van der Waals surface area (Å²) in [4.78, 5) is 0.333. The Hall–Kier alpha value is -0.720. The Bertz CT molecular complexity index is 494. The molecule has 6 heteroatoms. The smallest absolute Gasteiger partial charge is 0.240 e. The van der Waals surface area contributed by atoms with Crippen molar-refractivity contribution in [3.05, 3.63) is 24.3 Å². The molecule has 1 heterocycles. The van der Waals surface area contributed by atoms with Crippen LogP contribution < -0.4 is 10.0 Å². The summed E-state index contributed by atoms with van der Waals surface area (Å²) in [5, 5.41) is 3.14. The molecular formula is C13H20N2O2S2. The van der Waals surface area contributed by atoms with Crippen LogP contribution in [0.3, 0.4) is 0 Å². The highest BCUT2D eigenvalue weighted by Crippen LogP contribution is 2.23. The van der Waals surface area contributed by atoms with E-state index in [-0.39, 0.29) is 0 Å². The first-order valence-electron chi connectivity index (χ1n) is 6.53. The lowest BCUT2D eigenvalue weighted by molar-refractivity contribution is 0.546. The molecule has 1 fully saturated rings. The molecule has 0 aromatic heterocycles. The Kier molecular flexibility index (Phi) is 5.13. The summed E-state index contributed by atoms with van der Waals surface area (Å²) in [6.45, 7) is 3.37. The van der Waals surface area contributed by atoms with Crippen LogP contribution in [0.1, 0.15) is 13.3 Å². The number of thioether (sulfide) groups is 1. The maximum atomic E-state index is 12.1. The van der Waals surface area contributed by atoms with Gasteiger partial charge in [-0.05, 0) is 55.0 Å². The molecule has 106 valence electrons. The number of nitrogens with one attached hydrogen (secondary N) is 2. The zero-order chi connectivity index (χ0) is 13.7. The summed E-state index contributed by atoms with van der Waals surface area (Å²) in [5.41, 5.74) is 0.939.